The average molecular weight is 375 g/mol. The molecule has 0 fully saturated rings. The van der Waals surface area contributed by atoms with E-state index in [1.807, 2.05) is 0 Å². The second-order valence-corrected chi connectivity index (χ2v) is 6.44. The molecule has 1 aromatic heterocycles. The Morgan fingerprint density at radius 3 is 2.48 bits per heavy atom. The maximum Gasteiger partial charge on any atom is 0.431 e. The van der Waals surface area contributed by atoms with Gasteiger partial charge in [-0.05, 0) is 48.9 Å². The number of alkyl halides is 3. The van der Waals surface area contributed by atoms with Crippen LogP contribution in [0.1, 0.15) is 35.2 Å². The Balaban J connectivity index is 2.45. The number of aryl methyl sites for hydroxylation is 1. The molecule has 0 bridgehead atoms. The van der Waals surface area contributed by atoms with Crippen molar-refractivity contribution >= 4 is 34.6 Å². The lowest BCUT2D eigenvalue weighted by Gasteiger charge is -2.23. The summed E-state index contributed by atoms with van der Waals surface area (Å²) in [5.74, 6) is 0. The molecule has 1 aliphatic carbocycles. The molecule has 0 amide bonds. The molecule has 0 saturated heterocycles. The first-order valence-electron chi connectivity index (χ1n) is 8.53. The maximum absolute atomic E-state index is 13.3. The van der Waals surface area contributed by atoms with Gasteiger partial charge in [0, 0.05) is 41.7 Å². The molecule has 1 aromatic carbocycles. The van der Waals surface area contributed by atoms with Crippen LogP contribution in [-0.2, 0) is 12.8 Å². The number of aromatic nitrogens is 1. The lowest BCUT2D eigenvalue weighted by molar-refractivity contribution is -0.0918. The molecular formula is C19H20F3N5. The second-order valence-electron chi connectivity index (χ2n) is 6.44. The highest BCUT2D eigenvalue weighted by molar-refractivity contribution is 6.13. The third kappa shape index (κ3) is 3.27. The van der Waals surface area contributed by atoms with Gasteiger partial charge in [0.15, 0.2) is 0 Å². The Morgan fingerprint density at radius 1 is 1.22 bits per heavy atom. The molecule has 142 valence electrons. The van der Waals surface area contributed by atoms with Gasteiger partial charge < -0.3 is 16.9 Å². The largest absolute Gasteiger partial charge is 0.431 e. The summed E-state index contributed by atoms with van der Waals surface area (Å²) < 4.78 is 39.9. The zero-order valence-corrected chi connectivity index (χ0v) is 14.8. The van der Waals surface area contributed by atoms with Crippen molar-refractivity contribution in [2.75, 3.05) is 12.8 Å². The molecular weight excluding hydrogens is 355 g/mol. The second kappa shape index (κ2) is 7.02. The standard InChI is InChI=1S/C19H20F3N5/c1-26-9-13(18(25)19(20,21)22)17-11-5-3-2-4-10(11)16-12(8-23)14(24)6-7-15(16)27-17/h6-9,23H,2-5,24-25H2,1H3. The van der Waals surface area contributed by atoms with Crippen LogP contribution in [0.25, 0.3) is 16.5 Å². The number of anilines is 1. The van der Waals surface area contributed by atoms with Crippen LogP contribution in [0.3, 0.4) is 0 Å². The Bertz CT molecular complexity index is 974. The van der Waals surface area contributed by atoms with Gasteiger partial charge >= 0.3 is 6.18 Å². The fourth-order valence-corrected chi connectivity index (χ4v) is 3.58. The van der Waals surface area contributed by atoms with E-state index >= 15 is 0 Å². The minimum absolute atomic E-state index is 0.207. The van der Waals surface area contributed by atoms with Gasteiger partial charge in [0.05, 0.1) is 11.2 Å². The van der Waals surface area contributed by atoms with E-state index in [2.05, 4.69) is 9.98 Å². The summed E-state index contributed by atoms with van der Waals surface area (Å²) in [6.45, 7) is 0. The van der Waals surface area contributed by atoms with E-state index in [4.69, 9.17) is 16.9 Å². The van der Waals surface area contributed by atoms with Gasteiger partial charge in [0.25, 0.3) is 0 Å². The molecule has 0 radical (unpaired) electrons. The van der Waals surface area contributed by atoms with E-state index < -0.39 is 11.9 Å². The Hall–Kier alpha value is -2.90. The maximum atomic E-state index is 13.3. The van der Waals surface area contributed by atoms with E-state index in [9.17, 15) is 13.2 Å². The molecule has 0 spiro atoms. The monoisotopic (exact) mass is 375 g/mol. The van der Waals surface area contributed by atoms with E-state index in [0.717, 1.165) is 35.6 Å². The van der Waals surface area contributed by atoms with Crippen molar-refractivity contribution in [3.05, 3.63) is 40.2 Å². The Labute approximate surface area is 154 Å². The van der Waals surface area contributed by atoms with Gasteiger partial charge in [-0.3, -0.25) is 4.99 Å². The molecule has 1 aliphatic rings. The number of hydrogen-bond donors (Lipinski definition) is 3. The van der Waals surface area contributed by atoms with Gasteiger partial charge in [-0.25, -0.2) is 4.98 Å². The molecule has 0 atom stereocenters. The molecule has 2 aromatic rings. The molecule has 5 nitrogen and oxygen atoms in total. The fraction of sp³-hybridized carbons (Fsp3) is 0.316. The van der Waals surface area contributed by atoms with Crippen LogP contribution in [0.2, 0.25) is 0 Å². The van der Waals surface area contributed by atoms with Crippen LogP contribution in [0.5, 0.6) is 0 Å². The zero-order valence-electron chi connectivity index (χ0n) is 14.8. The van der Waals surface area contributed by atoms with Crippen LogP contribution >= 0.6 is 0 Å². The number of rotatable bonds is 3. The Morgan fingerprint density at radius 2 is 1.89 bits per heavy atom. The number of fused-ring (bicyclic) bond motifs is 3. The third-order valence-corrected chi connectivity index (χ3v) is 4.80. The van der Waals surface area contributed by atoms with Crippen LogP contribution < -0.4 is 11.5 Å². The molecule has 27 heavy (non-hydrogen) atoms. The molecule has 0 unspecified atom stereocenters. The highest BCUT2D eigenvalue weighted by atomic mass is 19.4. The molecule has 8 heteroatoms. The normalized spacial score (nSPS) is 15.7. The van der Waals surface area contributed by atoms with Gasteiger partial charge in [-0.2, -0.15) is 13.2 Å². The first-order chi connectivity index (χ1) is 12.8. The molecule has 0 saturated carbocycles. The summed E-state index contributed by atoms with van der Waals surface area (Å²) in [6.07, 6.45) is 0.629. The van der Waals surface area contributed by atoms with Crippen molar-refractivity contribution in [3.8, 4) is 0 Å². The summed E-state index contributed by atoms with van der Waals surface area (Å²) in [6, 6.07) is 3.28. The number of nitrogen functional groups attached to an aromatic ring is 1. The predicted octanol–water partition coefficient (Wildman–Crippen LogP) is 3.63. The van der Waals surface area contributed by atoms with Crippen LogP contribution in [0.4, 0.5) is 18.9 Å². The number of pyridine rings is 1. The fourth-order valence-electron chi connectivity index (χ4n) is 3.58. The quantitative estimate of drug-likeness (QED) is 0.564. The summed E-state index contributed by atoms with van der Waals surface area (Å²) >= 11 is 0. The topological polar surface area (TPSA) is 101 Å². The summed E-state index contributed by atoms with van der Waals surface area (Å²) in [5.41, 5.74) is 13.3. The van der Waals surface area contributed by atoms with Crippen molar-refractivity contribution in [1.82, 2.24) is 4.98 Å². The number of halogens is 3. The van der Waals surface area contributed by atoms with Crippen LogP contribution in [0, 0.1) is 5.41 Å². The van der Waals surface area contributed by atoms with E-state index in [1.165, 1.54) is 13.3 Å². The molecule has 0 aliphatic heterocycles. The number of nitrogens with two attached hydrogens (primary N) is 2. The average Bonchev–Trinajstić information content (AvgIpc) is 2.64. The number of benzene rings is 1. The van der Waals surface area contributed by atoms with Crippen LogP contribution in [0.15, 0.2) is 22.8 Å². The number of hydrogen-bond acceptors (Lipinski definition) is 5. The van der Waals surface area contributed by atoms with Gasteiger partial charge in [0.2, 0.25) is 0 Å². The zero-order chi connectivity index (χ0) is 19.8. The number of allylic oxidation sites excluding steroid dienone is 2. The van der Waals surface area contributed by atoms with E-state index in [1.54, 1.807) is 12.1 Å². The lowest BCUT2D eigenvalue weighted by atomic mass is 9.84. The highest BCUT2D eigenvalue weighted by Gasteiger charge is 2.35. The van der Waals surface area contributed by atoms with Gasteiger partial charge in [0.1, 0.15) is 5.70 Å². The molecule has 5 N–H and O–H groups in total. The smallest absolute Gasteiger partial charge is 0.398 e. The number of nitrogens with one attached hydrogen (secondary N) is 1. The van der Waals surface area contributed by atoms with Crippen molar-refractivity contribution < 1.29 is 13.2 Å². The minimum atomic E-state index is -4.68. The minimum Gasteiger partial charge on any atom is -0.398 e. The van der Waals surface area contributed by atoms with Gasteiger partial charge in [-0.15, -0.1) is 0 Å². The van der Waals surface area contributed by atoms with Crippen molar-refractivity contribution in [3.63, 3.8) is 0 Å². The summed E-state index contributed by atoms with van der Waals surface area (Å²) in [4.78, 5) is 8.27. The van der Waals surface area contributed by atoms with E-state index in [-0.39, 0.29) is 11.3 Å². The Kier molecular flexibility index (Phi) is 4.91. The molecule has 3 rings (SSSR count). The molecule has 1 heterocycles. The first-order valence-corrected chi connectivity index (χ1v) is 8.53. The highest BCUT2D eigenvalue weighted by Crippen LogP contribution is 2.37. The first kappa shape index (κ1) is 18.9. The number of nitrogens with zero attached hydrogens (tertiary/aromatic N) is 2. The van der Waals surface area contributed by atoms with Crippen molar-refractivity contribution in [2.24, 2.45) is 10.7 Å². The SMILES string of the molecule is CN=CC(=C(N)C(F)(F)F)c1nc2ccc(N)c(C=N)c2c2c1CCCC2. The third-order valence-electron chi connectivity index (χ3n) is 4.80. The number of aliphatic imine (C=N–C) groups is 1. The van der Waals surface area contributed by atoms with Crippen molar-refractivity contribution in [1.29, 1.82) is 5.41 Å². The van der Waals surface area contributed by atoms with E-state index in [0.29, 0.717) is 29.6 Å². The summed E-state index contributed by atoms with van der Waals surface area (Å²) in [7, 11) is 1.39. The lowest BCUT2D eigenvalue weighted by Crippen LogP contribution is -2.23. The predicted molar refractivity (Wildman–Crippen MR) is 102 cm³/mol. The van der Waals surface area contributed by atoms with Gasteiger partial charge in [-0.1, -0.05) is 0 Å². The van der Waals surface area contributed by atoms with Crippen LogP contribution in [-0.4, -0.2) is 30.6 Å². The van der Waals surface area contributed by atoms with Crippen molar-refractivity contribution in [2.45, 2.75) is 31.9 Å². The summed E-state index contributed by atoms with van der Waals surface area (Å²) in [5, 5.41) is 8.44.